The van der Waals surface area contributed by atoms with Crippen LogP contribution in [0.15, 0.2) is 53.6 Å². The molecule has 2 aromatic heterocycles. The van der Waals surface area contributed by atoms with Crippen LogP contribution in [0.3, 0.4) is 0 Å². The maximum Gasteiger partial charge on any atom is 0.251 e. The number of sulfonamides is 1. The van der Waals surface area contributed by atoms with Crippen molar-refractivity contribution in [3.8, 4) is 5.82 Å². The molecule has 0 saturated carbocycles. The van der Waals surface area contributed by atoms with Gasteiger partial charge in [0.1, 0.15) is 0 Å². The van der Waals surface area contributed by atoms with E-state index in [1.165, 1.54) is 28.6 Å². The summed E-state index contributed by atoms with van der Waals surface area (Å²) in [5.41, 5.74) is 3.35. The summed E-state index contributed by atoms with van der Waals surface area (Å²) in [7, 11) is -3.58. The van der Waals surface area contributed by atoms with E-state index in [9.17, 15) is 13.2 Å². The summed E-state index contributed by atoms with van der Waals surface area (Å²) in [5.74, 6) is 0.498. The minimum Gasteiger partial charge on any atom is -0.379 e. The summed E-state index contributed by atoms with van der Waals surface area (Å²) in [6.45, 7) is 5.80. The summed E-state index contributed by atoms with van der Waals surface area (Å²) in [4.78, 5) is 17.1. The number of nitrogens with one attached hydrogen (secondary N) is 1. The van der Waals surface area contributed by atoms with Crippen LogP contribution in [-0.2, 0) is 21.2 Å². The lowest BCUT2D eigenvalue weighted by Gasteiger charge is -2.26. The smallest absolute Gasteiger partial charge is 0.251 e. The van der Waals surface area contributed by atoms with Crippen molar-refractivity contribution >= 4 is 15.9 Å². The molecule has 1 amide bonds. The maximum absolute atomic E-state index is 12.7. The largest absolute Gasteiger partial charge is 0.379 e. The number of carbonyl (C=O) groups excluding carboxylic acids is 1. The highest BCUT2D eigenvalue weighted by atomic mass is 32.2. The van der Waals surface area contributed by atoms with E-state index in [1.807, 2.05) is 32.0 Å². The Morgan fingerprint density at radius 3 is 2.48 bits per heavy atom. The molecule has 1 aromatic carbocycles. The summed E-state index contributed by atoms with van der Waals surface area (Å²) in [5, 5.41) is 7.48. The highest BCUT2D eigenvalue weighted by Crippen LogP contribution is 2.19. The van der Waals surface area contributed by atoms with Gasteiger partial charge in [-0.2, -0.15) is 9.40 Å². The molecule has 1 aliphatic heterocycles. The Balaban J connectivity index is 1.37. The first-order valence-electron chi connectivity index (χ1n) is 10.8. The van der Waals surface area contributed by atoms with E-state index in [2.05, 4.69) is 15.4 Å². The van der Waals surface area contributed by atoms with E-state index < -0.39 is 10.0 Å². The van der Waals surface area contributed by atoms with Gasteiger partial charge in [0.2, 0.25) is 10.0 Å². The third-order valence-electron chi connectivity index (χ3n) is 5.69. The van der Waals surface area contributed by atoms with E-state index in [-0.39, 0.29) is 10.8 Å². The number of carbonyl (C=O) groups is 1. The highest BCUT2D eigenvalue weighted by molar-refractivity contribution is 7.89. The van der Waals surface area contributed by atoms with Gasteiger partial charge in [-0.1, -0.05) is 6.07 Å². The third-order valence-corrected chi connectivity index (χ3v) is 7.61. The molecule has 1 N–H and O–H groups in total. The van der Waals surface area contributed by atoms with E-state index in [1.54, 1.807) is 10.9 Å². The molecule has 0 unspecified atom stereocenters. The summed E-state index contributed by atoms with van der Waals surface area (Å²) in [6, 6.07) is 11.7. The zero-order valence-electron chi connectivity index (χ0n) is 18.7. The molecular formula is C23H27N5O4S. The molecule has 0 atom stereocenters. The molecule has 0 spiro atoms. The predicted molar refractivity (Wildman–Crippen MR) is 123 cm³/mol. The lowest BCUT2D eigenvalue weighted by molar-refractivity contribution is 0.0730. The Hall–Kier alpha value is -3.08. The fourth-order valence-electron chi connectivity index (χ4n) is 3.86. The minimum absolute atomic E-state index is 0.175. The van der Waals surface area contributed by atoms with Gasteiger partial charge in [-0.15, -0.1) is 0 Å². The maximum atomic E-state index is 12.7. The zero-order chi connectivity index (χ0) is 23.4. The van der Waals surface area contributed by atoms with Crippen LogP contribution >= 0.6 is 0 Å². The molecule has 1 saturated heterocycles. The number of morpholine rings is 1. The van der Waals surface area contributed by atoms with Crippen molar-refractivity contribution in [2.24, 2.45) is 0 Å². The van der Waals surface area contributed by atoms with Gasteiger partial charge >= 0.3 is 0 Å². The van der Waals surface area contributed by atoms with Gasteiger partial charge in [0.15, 0.2) is 5.82 Å². The van der Waals surface area contributed by atoms with Crippen molar-refractivity contribution in [1.29, 1.82) is 0 Å². The average Bonchev–Trinajstić information content (AvgIpc) is 3.13. The van der Waals surface area contributed by atoms with Crippen LogP contribution in [0, 0.1) is 13.8 Å². The summed E-state index contributed by atoms with van der Waals surface area (Å²) < 4.78 is 33.9. The standard InChI is InChI=1S/C23H27N5O4S/c1-17-21(18(2)28(26-17)22-5-3-4-11-24-22)10-12-25-23(29)19-6-8-20(9-7-19)33(30,31)27-13-15-32-16-14-27/h3-9,11H,10,12-16H2,1-2H3,(H,25,29). The fraction of sp³-hybridized carbons (Fsp3) is 0.348. The number of nitrogens with zero attached hydrogens (tertiary/aromatic N) is 4. The Morgan fingerprint density at radius 2 is 1.82 bits per heavy atom. The molecule has 33 heavy (non-hydrogen) atoms. The molecule has 10 heteroatoms. The lowest BCUT2D eigenvalue weighted by atomic mass is 10.1. The number of benzene rings is 1. The number of pyridine rings is 1. The van der Waals surface area contributed by atoms with Crippen LogP contribution in [0.5, 0.6) is 0 Å². The van der Waals surface area contributed by atoms with Gasteiger partial charge in [-0.05, 0) is 62.2 Å². The van der Waals surface area contributed by atoms with Crippen LogP contribution < -0.4 is 5.32 Å². The first kappa shape index (κ1) is 23.1. The topological polar surface area (TPSA) is 106 Å². The van der Waals surface area contributed by atoms with Crippen LogP contribution in [-0.4, -0.2) is 66.2 Å². The van der Waals surface area contributed by atoms with E-state index >= 15 is 0 Å². The number of hydrogen-bond acceptors (Lipinski definition) is 6. The Labute approximate surface area is 193 Å². The monoisotopic (exact) mass is 469 g/mol. The molecule has 3 aromatic rings. The van der Waals surface area contributed by atoms with Crippen molar-refractivity contribution in [2.75, 3.05) is 32.8 Å². The molecule has 0 radical (unpaired) electrons. The molecule has 4 rings (SSSR count). The Morgan fingerprint density at radius 1 is 1.09 bits per heavy atom. The molecule has 0 aliphatic carbocycles. The Bertz CT molecular complexity index is 1220. The first-order valence-corrected chi connectivity index (χ1v) is 12.2. The second-order valence-corrected chi connectivity index (χ2v) is 9.73. The van der Waals surface area contributed by atoms with Gasteiger partial charge in [0, 0.05) is 37.1 Å². The van der Waals surface area contributed by atoms with Crippen LogP contribution in [0.1, 0.15) is 27.3 Å². The number of rotatable bonds is 7. The van der Waals surface area contributed by atoms with Gasteiger partial charge in [0.05, 0.1) is 23.8 Å². The van der Waals surface area contributed by atoms with Crippen LogP contribution in [0.4, 0.5) is 0 Å². The fourth-order valence-corrected chi connectivity index (χ4v) is 5.26. The molecule has 9 nitrogen and oxygen atoms in total. The SMILES string of the molecule is Cc1nn(-c2ccccn2)c(C)c1CCNC(=O)c1ccc(S(=O)(=O)N2CCOCC2)cc1. The second kappa shape index (κ2) is 9.82. The average molecular weight is 470 g/mol. The van der Waals surface area contributed by atoms with Crippen molar-refractivity contribution in [3.63, 3.8) is 0 Å². The molecule has 174 valence electrons. The quantitative estimate of drug-likeness (QED) is 0.566. The number of aromatic nitrogens is 3. The highest BCUT2D eigenvalue weighted by Gasteiger charge is 2.26. The lowest BCUT2D eigenvalue weighted by Crippen LogP contribution is -2.40. The number of hydrogen-bond donors (Lipinski definition) is 1. The molecular weight excluding hydrogens is 442 g/mol. The van der Waals surface area contributed by atoms with Gasteiger partial charge in [0.25, 0.3) is 5.91 Å². The van der Waals surface area contributed by atoms with Crippen LogP contribution in [0.2, 0.25) is 0 Å². The van der Waals surface area contributed by atoms with Crippen molar-refractivity contribution in [3.05, 3.63) is 71.2 Å². The van der Waals surface area contributed by atoms with E-state index in [0.29, 0.717) is 44.8 Å². The molecule has 1 aliphatic rings. The van der Waals surface area contributed by atoms with Crippen LogP contribution in [0.25, 0.3) is 5.82 Å². The van der Waals surface area contributed by atoms with E-state index in [4.69, 9.17) is 4.74 Å². The van der Waals surface area contributed by atoms with Gasteiger partial charge in [-0.25, -0.2) is 18.1 Å². The van der Waals surface area contributed by atoms with Crippen molar-refractivity contribution < 1.29 is 17.9 Å². The molecule has 0 bridgehead atoms. The zero-order valence-corrected chi connectivity index (χ0v) is 19.5. The second-order valence-electron chi connectivity index (χ2n) is 7.80. The normalized spacial score (nSPS) is 14.8. The summed E-state index contributed by atoms with van der Waals surface area (Å²) in [6.07, 6.45) is 2.35. The van der Waals surface area contributed by atoms with Gasteiger partial charge < -0.3 is 10.1 Å². The van der Waals surface area contributed by atoms with Crippen molar-refractivity contribution in [1.82, 2.24) is 24.4 Å². The van der Waals surface area contributed by atoms with E-state index in [0.717, 1.165) is 22.8 Å². The number of aryl methyl sites for hydroxylation is 1. The predicted octanol–water partition coefficient (Wildman–Crippen LogP) is 1.88. The third kappa shape index (κ3) is 4.97. The molecule has 3 heterocycles. The first-order chi connectivity index (χ1) is 15.9. The van der Waals surface area contributed by atoms with Gasteiger partial charge in [-0.3, -0.25) is 4.79 Å². The molecule has 1 fully saturated rings. The summed E-state index contributed by atoms with van der Waals surface area (Å²) >= 11 is 0. The van der Waals surface area contributed by atoms with Crippen molar-refractivity contribution in [2.45, 2.75) is 25.2 Å². The number of amides is 1. The Kier molecular flexibility index (Phi) is 6.87. The minimum atomic E-state index is -3.58. The number of ether oxygens (including phenoxy) is 1.